The molecule has 0 atom stereocenters. The summed E-state index contributed by atoms with van der Waals surface area (Å²) in [4.78, 5) is 16.4. The molecule has 3 aromatic rings. The molecule has 0 bridgehead atoms. The van der Waals surface area contributed by atoms with Gasteiger partial charge in [0.25, 0.3) is 0 Å². The fraction of sp³-hybridized carbons (Fsp3) is 0.208. The van der Waals surface area contributed by atoms with Gasteiger partial charge in [-0.3, -0.25) is 10.4 Å². The van der Waals surface area contributed by atoms with E-state index in [4.69, 9.17) is 16.2 Å². The van der Waals surface area contributed by atoms with Gasteiger partial charge in [-0.25, -0.2) is 9.97 Å². The molecule has 1 aromatic heterocycles. The van der Waals surface area contributed by atoms with E-state index in [9.17, 15) is 0 Å². The monoisotopic (exact) mass is 413 g/mol. The number of nitrogens with zero attached hydrogens (tertiary/aromatic N) is 4. The zero-order chi connectivity index (χ0) is 21.8. The van der Waals surface area contributed by atoms with E-state index in [0.29, 0.717) is 12.1 Å². The van der Waals surface area contributed by atoms with Crippen molar-refractivity contribution >= 4 is 24.4 Å². The Bertz CT molecular complexity index is 1130. The van der Waals surface area contributed by atoms with Crippen molar-refractivity contribution in [3.05, 3.63) is 77.6 Å². The summed E-state index contributed by atoms with van der Waals surface area (Å²) in [5.74, 6) is 0.579. The molecule has 0 unspecified atom stereocenters. The van der Waals surface area contributed by atoms with Crippen molar-refractivity contribution in [2.24, 2.45) is 9.98 Å². The first-order valence-electron chi connectivity index (χ1n) is 10.1. The van der Waals surface area contributed by atoms with Crippen molar-refractivity contribution in [2.75, 3.05) is 5.73 Å². The van der Waals surface area contributed by atoms with Crippen molar-refractivity contribution in [1.82, 2.24) is 9.97 Å². The van der Waals surface area contributed by atoms with Crippen LogP contribution in [0.4, 0.5) is 5.95 Å². The molecular formula is C24H25N6O+. The molecular weight excluding hydrogens is 388 g/mol. The third kappa shape index (κ3) is 4.07. The van der Waals surface area contributed by atoms with Crippen LogP contribution in [0.2, 0.25) is 0 Å². The molecule has 0 saturated heterocycles. The van der Waals surface area contributed by atoms with Crippen LogP contribution in [0.15, 0.2) is 70.9 Å². The average Bonchev–Trinajstić information content (AvgIpc) is 2.74. The zero-order valence-corrected chi connectivity index (χ0v) is 17.2. The number of nitrogens with two attached hydrogens (primary N) is 1. The normalized spacial score (nSPS) is 15.2. The quantitative estimate of drug-likeness (QED) is 0.365. The Hall–Kier alpha value is -3.87. The molecule has 0 spiro atoms. The minimum atomic E-state index is -0.442. The first kappa shape index (κ1) is 20.4. The highest BCUT2D eigenvalue weighted by Gasteiger charge is 2.43. The maximum absolute atomic E-state index is 8.72. The largest absolute Gasteiger partial charge is 0.578 e. The fourth-order valence-corrected chi connectivity index (χ4v) is 3.89. The second-order valence-electron chi connectivity index (χ2n) is 7.73. The number of hydrogen-bond acceptors (Lipinski definition) is 5. The van der Waals surface area contributed by atoms with Gasteiger partial charge < -0.3 is 10.8 Å². The molecule has 0 aliphatic heterocycles. The lowest BCUT2D eigenvalue weighted by Gasteiger charge is -2.41. The molecule has 4 rings (SSSR count). The van der Waals surface area contributed by atoms with Crippen molar-refractivity contribution in [3.8, 4) is 11.1 Å². The van der Waals surface area contributed by atoms with E-state index in [1.165, 1.54) is 0 Å². The highest BCUT2D eigenvalue weighted by atomic mass is 16.3. The Balaban J connectivity index is 1.59. The van der Waals surface area contributed by atoms with Gasteiger partial charge in [-0.05, 0) is 48.4 Å². The van der Waals surface area contributed by atoms with Crippen LogP contribution in [0.5, 0.6) is 0 Å². The van der Waals surface area contributed by atoms with Gasteiger partial charge in [-0.15, -0.1) is 4.99 Å². The molecule has 0 radical (unpaired) electrons. The highest BCUT2D eigenvalue weighted by Crippen LogP contribution is 2.45. The summed E-state index contributed by atoms with van der Waals surface area (Å²) in [7, 11) is 0. The summed E-state index contributed by atoms with van der Waals surface area (Å²) >= 11 is 0. The van der Waals surface area contributed by atoms with Crippen LogP contribution >= 0.6 is 0 Å². The second kappa shape index (κ2) is 8.47. The topological polar surface area (TPSA) is 123 Å². The summed E-state index contributed by atoms with van der Waals surface area (Å²) in [6.45, 7) is 4.01. The molecule has 31 heavy (non-hydrogen) atoms. The number of aliphatic imine (C=N–C) groups is 2. The molecule has 2 aromatic carbocycles. The number of aromatic nitrogens is 2. The van der Waals surface area contributed by atoms with Gasteiger partial charge in [0.2, 0.25) is 5.95 Å². The second-order valence-corrected chi connectivity index (χ2v) is 7.73. The summed E-state index contributed by atoms with van der Waals surface area (Å²) in [5, 5.41) is 17.1. The summed E-state index contributed by atoms with van der Waals surface area (Å²) in [6.07, 6.45) is 6.15. The van der Waals surface area contributed by atoms with Crippen molar-refractivity contribution in [1.29, 1.82) is 5.41 Å². The number of anilines is 1. The van der Waals surface area contributed by atoms with Gasteiger partial charge in [0, 0.05) is 18.0 Å². The highest BCUT2D eigenvalue weighted by molar-refractivity contribution is 6.05. The van der Waals surface area contributed by atoms with Crippen LogP contribution in [0.3, 0.4) is 0 Å². The third-order valence-electron chi connectivity index (χ3n) is 5.82. The van der Waals surface area contributed by atoms with Gasteiger partial charge >= 0.3 is 5.90 Å². The van der Waals surface area contributed by atoms with Crippen molar-refractivity contribution in [3.63, 3.8) is 0 Å². The Kier molecular flexibility index (Phi) is 5.58. The molecule has 1 aliphatic rings. The van der Waals surface area contributed by atoms with E-state index < -0.39 is 5.41 Å². The van der Waals surface area contributed by atoms with E-state index in [0.717, 1.165) is 41.5 Å². The minimum Gasteiger partial charge on any atom is -0.578 e. The van der Waals surface area contributed by atoms with E-state index in [2.05, 4.69) is 26.7 Å². The van der Waals surface area contributed by atoms with Gasteiger partial charge in [0.15, 0.2) is 0 Å². The van der Waals surface area contributed by atoms with Crippen LogP contribution in [0.25, 0.3) is 11.1 Å². The van der Waals surface area contributed by atoms with Gasteiger partial charge in [-0.1, -0.05) is 42.8 Å². The first-order chi connectivity index (χ1) is 15.0. The number of benzene rings is 2. The van der Waals surface area contributed by atoms with E-state index >= 15 is 0 Å². The lowest BCUT2D eigenvalue weighted by Crippen LogP contribution is -2.41. The lowest BCUT2D eigenvalue weighted by molar-refractivity contribution is 0.336. The average molecular weight is 414 g/mol. The molecule has 0 amide bonds. The molecule has 1 heterocycles. The Morgan fingerprint density at radius 3 is 2.42 bits per heavy atom. The number of amidine groups is 1. The molecule has 1 fully saturated rings. The Morgan fingerprint density at radius 2 is 1.81 bits per heavy atom. The maximum atomic E-state index is 8.72. The molecule has 1 saturated carbocycles. The molecule has 5 N–H and O–H groups in total. The maximum Gasteiger partial charge on any atom is 0.366 e. The predicted molar refractivity (Wildman–Crippen MR) is 125 cm³/mol. The van der Waals surface area contributed by atoms with Gasteiger partial charge in [-0.2, -0.15) is 0 Å². The van der Waals surface area contributed by atoms with Crippen LogP contribution in [0.1, 0.15) is 36.0 Å². The van der Waals surface area contributed by atoms with Crippen molar-refractivity contribution < 1.29 is 5.11 Å². The van der Waals surface area contributed by atoms with E-state index in [-0.39, 0.29) is 17.7 Å². The van der Waals surface area contributed by atoms with Crippen LogP contribution in [0, 0.1) is 5.41 Å². The zero-order valence-electron chi connectivity index (χ0n) is 17.2. The van der Waals surface area contributed by atoms with Crippen LogP contribution < -0.4 is 5.73 Å². The smallest absolute Gasteiger partial charge is 0.366 e. The van der Waals surface area contributed by atoms with E-state index in [1.807, 2.05) is 48.5 Å². The van der Waals surface area contributed by atoms with Crippen LogP contribution in [-0.2, 0) is 12.0 Å². The number of rotatable bonds is 6. The number of nitrogen functional groups attached to an aromatic ring is 1. The first-order valence-corrected chi connectivity index (χ1v) is 10.1. The fourth-order valence-electron chi connectivity index (χ4n) is 3.89. The SMILES string of the molecule is C=NCc1cccc(C([OH2+])=NC(=N)C2(c3ccc(-c4cnc(N)nc4)cc3)CCC2)c1. The predicted octanol–water partition coefficient (Wildman–Crippen LogP) is 3.50. The Morgan fingerprint density at radius 1 is 1.10 bits per heavy atom. The van der Waals surface area contributed by atoms with Gasteiger partial charge in [0.05, 0.1) is 17.5 Å². The standard InChI is InChI=1S/C24H24N6O/c1-27-13-16-4-2-5-18(12-16)21(31)30-22(25)24(10-3-11-24)20-8-6-17(7-9-20)19-14-28-23(26)29-15-19/h2,4-9,12,14-15H,1,3,10-11,13H2,(H2,25,30,31)(H2,26,28,29)/p+1. The summed E-state index contributed by atoms with van der Waals surface area (Å²) in [6, 6.07) is 15.6. The third-order valence-corrected chi connectivity index (χ3v) is 5.82. The molecule has 7 nitrogen and oxygen atoms in total. The van der Waals surface area contributed by atoms with Gasteiger partial charge in [0.1, 0.15) is 5.84 Å². The Labute approximate surface area is 181 Å². The number of hydrogen-bond donors (Lipinski definition) is 2. The van der Waals surface area contributed by atoms with Crippen molar-refractivity contribution in [2.45, 2.75) is 31.2 Å². The molecule has 7 heteroatoms. The van der Waals surface area contributed by atoms with Crippen LogP contribution in [-0.4, -0.2) is 33.5 Å². The number of nitrogens with one attached hydrogen (secondary N) is 1. The van der Waals surface area contributed by atoms with E-state index in [1.54, 1.807) is 12.4 Å². The minimum absolute atomic E-state index is 0.0952. The summed E-state index contributed by atoms with van der Waals surface area (Å²) in [5.41, 5.74) is 9.70. The molecule has 156 valence electrons. The lowest BCUT2D eigenvalue weighted by atomic mass is 9.63. The summed E-state index contributed by atoms with van der Waals surface area (Å²) < 4.78 is 0. The molecule has 1 aliphatic carbocycles.